The number of halogens is 3. The van der Waals surface area contributed by atoms with Gasteiger partial charge < -0.3 is 4.74 Å². The Morgan fingerprint density at radius 1 is 0.944 bits per heavy atom. The average Bonchev–Trinajstić information content (AvgIpc) is 2.33. The molecule has 0 saturated carbocycles. The Morgan fingerprint density at radius 3 is 2.33 bits per heavy atom. The SMILES string of the molecule is CCCCCCCCOc1cc(Br)cc(Br)c1Br. The van der Waals surface area contributed by atoms with Crippen LogP contribution < -0.4 is 4.74 Å². The second-order valence-electron chi connectivity index (χ2n) is 4.32. The molecule has 0 saturated heterocycles. The van der Waals surface area contributed by atoms with Crippen molar-refractivity contribution in [2.45, 2.75) is 45.4 Å². The summed E-state index contributed by atoms with van der Waals surface area (Å²) in [5.41, 5.74) is 0. The topological polar surface area (TPSA) is 9.23 Å². The van der Waals surface area contributed by atoms with E-state index < -0.39 is 0 Å². The van der Waals surface area contributed by atoms with Crippen LogP contribution in [0.25, 0.3) is 0 Å². The molecular weight excluding hydrogens is 424 g/mol. The molecule has 0 fully saturated rings. The van der Waals surface area contributed by atoms with Gasteiger partial charge in [0.2, 0.25) is 0 Å². The Balaban J connectivity index is 2.27. The molecule has 0 aliphatic carbocycles. The molecule has 0 unspecified atom stereocenters. The van der Waals surface area contributed by atoms with Gasteiger partial charge >= 0.3 is 0 Å². The van der Waals surface area contributed by atoms with E-state index >= 15 is 0 Å². The summed E-state index contributed by atoms with van der Waals surface area (Å²) in [4.78, 5) is 0. The first-order valence-electron chi connectivity index (χ1n) is 6.42. The van der Waals surface area contributed by atoms with E-state index in [2.05, 4.69) is 54.7 Å². The monoisotopic (exact) mass is 440 g/mol. The van der Waals surface area contributed by atoms with Crippen LogP contribution in [0.3, 0.4) is 0 Å². The first-order valence-corrected chi connectivity index (χ1v) is 8.80. The van der Waals surface area contributed by atoms with Crippen molar-refractivity contribution in [3.05, 3.63) is 25.6 Å². The number of rotatable bonds is 8. The lowest BCUT2D eigenvalue weighted by Gasteiger charge is -2.10. The minimum absolute atomic E-state index is 0.785. The Labute approximate surface area is 135 Å². The van der Waals surface area contributed by atoms with Gasteiger partial charge in [-0.3, -0.25) is 0 Å². The quantitative estimate of drug-likeness (QED) is 0.321. The summed E-state index contributed by atoms with van der Waals surface area (Å²) in [5.74, 6) is 0.893. The number of benzene rings is 1. The van der Waals surface area contributed by atoms with E-state index in [1.807, 2.05) is 12.1 Å². The largest absolute Gasteiger partial charge is 0.492 e. The van der Waals surface area contributed by atoms with Crippen LogP contribution in [0.15, 0.2) is 25.6 Å². The minimum atomic E-state index is 0.785. The minimum Gasteiger partial charge on any atom is -0.492 e. The molecule has 0 aliphatic rings. The van der Waals surface area contributed by atoms with Crippen molar-refractivity contribution in [1.82, 2.24) is 0 Å². The second-order valence-corrected chi connectivity index (χ2v) is 6.88. The maximum atomic E-state index is 5.80. The molecule has 0 heterocycles. The summed E-state index contributed by atoms with van der Waals surface area (Å²) < 4.78 is 8.81. The van der Waals surface area contributed by atoms with Crippen LogP contribution in [-0.2, 0) is 0 Å². The maximum Gasteiger partial charge on any atom is 0.135 e. The van der Waals surface area contributed by atoms with Crippen molar-refractivity contribution in [3.63, 3.8) is 0 Å². The fraction of sp³-hybridized carbons (Fsp3) is 0.571. The molecule has 4 heteroatoms. The highest BCUT2D eigenvalue weighted by atomic mass is 79.9. The first-order chi connectivity index (χ1) is 8.65. The molecule has 0 N–H and O–H groups in total. The fourth-order valence-electron chi connectivity index (χ4n) is 1.70. The van der Waals surface area contributed by atoms with Crippen LogP contribution >= 0.6 is 47.8 Å². The molecule has 0 atom stereocenters. The van der Waals surface area contributed by atoms with Crippen molar-refractivity contribution in [1.29, 1.82) is 0 Å². The fourth-order valence-corrected chi connectivity index (χ4v) is 3.23. The normalized spacial score (nSPS) is 10.7. The lowest BCUT2D eigenvalue weighted by atomic mass is 10.1. The van der Waals surface area contributed by atoms with E-state index in [9.17, 15) is 0 Å². The average molecular weight is 443 g/mol. The molecule has 0 spiro atoms. The van der Waals surface area contributed by atoms with E-state index in [1.165, 1.54) is 32.1 Å². The molecule has 18 heavy (non-hydrogen) atoms. The smallest absolute Gasteiger partial charge is 0.135 e. The summed E-state index contributed by atoms with van der Waals surface area (Å²) in [6, 6.07) is 3.99. The highest BCUT2D eigenvalue weighted by Gasteiger charge is 2.06. The van der Waals surface area contributed by atoms with Crippen LogP contribution in [0.2, 0.25) is 0 Å². The standard InChI is InChI=1S/C14H19Br3O/c1-2-3-4-5-6-7-8-18-13-10-11(15)9-12(16)14(13)17/h9-10H,2-8H2,1H3. The molecule has 1 nitrogen and oxygen atoms in total. The van der Waals surface area contributed by atoms with Gasteiger partial charge in [0.1, 0.15) is 5.75 Å². The van der Waals surface area contributed by atoms with Gasteiger partial charge in [-0.05, 0) is 50.4 Å². The van der Waals surface area contributed by atoms with Crippen LogP contribution in [0.1, 0.15) is 45.4 Å². The van der Waals surface area contributed by atoms with Crippen molar-refractivity contribution < 1.29 is 4.74 Å². The number of hydrogen-bond acceptors (Lipinski definition) is 1. The van der Waals surface area contributed by atoms with Gasteiger partial charge in [-0.2, -0.15) is 0 Å². The predicted molar refractivity (Wildman–Crippen MR) is 88.4 cm³/mol. The Bertz CT molecular complexity index is 366. The molecule has 0 bridgehead atoms. The van der Waals surface area contributed by atoms with Crippen molar-refractivity contribution in [3.8, 4) is 5.75 Å². The van der Waals surface area contributed by atoms with Crippen molar-refractivity contribution >= 4 is 47.8 Å². The van der Waals surface area contributed by atoms with Gasteiger partial charge in [-0.1, -0.05) is 55.0 Å². The summed E-state index contributed by atoms with van der Waals surface area (Å²) in [6.45, 7) is 3.03. The third-order valence-corrected chi connectivity index (χ3v) is 5.15. The zero-order valence-corrected chi connectivity index (χ0v) is 15.4. The lowest BCUT2D eigenvalue weighted by molar-refractivity contribution is 0.302. The van der Waals surface area contributed by atoms with E-state index in [-0.39, 0.29) is 0 Å². The van der Waals surface area contributed by atoms with Gasteiger partial charge in [0.25, 0.3) is 0 Å². The van der Waals surface area contributed by atoms with Gasteiger partial charge in [0, 0.05) is 8.95 Å². The van der Waals surface area contributed by atoms with Crippen LogP contribution in [0, 0.1) is 0 Å². The molecule has 1 rings (SSSR count). The summed E-state index contributed by atoms with van der Waals surface area (Å²) in [5, 5.41) is 0. The molecule has 102 valence electrons. The highest BCUT2D eigenvalue weighted by molar-refractivity contribution is 9.13. The van der Waals surface area contributed by atoms with Crippen molar-refractivity contribution in [2.24, 2.45) is 0 Å². The van der Waals surface area contributed by atoms with Gasteiger partial charge in [-0.15, -0.1) is 0 Å². The van der Waals surface area contributed by atoms with E-state index in [4.69, 9.17) is 4.74 Å². The molecule has 0 aliphatic heterocycles. The van der Waals surface area contributed by atoms with Crippen LogP contribution in [-0.4, -0.2) is 6.61 Å². The molecule has 1 aromatic carbocycles. The zero-order chi connectivity index (χ0) is 13.4. The molecular formula is C14H19Br3O. The third-order valence-electron chi connectivity index (χ3n) is 2.72. The van der Waals surface area contributed by atoms with E-state index in [0.717, 1.165) is 32.2 Å². The number of unbranched alkanes of at least 4 members (excludes halogenated alkanes) is 5. The van der Waals surface area contributed by atoms with Crippen molar-refractivity contribution in [2.75, 3.05) is 6.61 Å². The number of hydrogen-bond donors (Lipinski definition) is 0. The van der Waals surface area contributed by atoms with E-state index in [1.54, 1.807) is 0 Å². The third kappa shape index (κ3) is 6.07. The molecule has 1 aromatic rings. The molecule has 0 aromatic heterocycles. The van der Waals surface area contributed by atoms with Gasteiger partial charge in [0.15, 0.2) is 0 Å². The van der Waals surface area contributed by atoms with Crippen LogP contribution in [0.4, 0.5) is 0 Å². The van der Waals surface area contributed by atoms with Gasteiger partial charge in [-0.25, -0.2) is 0 Å². The Morgan fingerprint density at radius 2 is 1.61 bits per heavy atom. The van der Waals surface area contributed by atoms with E-state index in [0.29, 0.717) is 0 Å². The summed E-state index contributed by atoms with van der Waals surface area (Å²) in [6.07, 6.45) is 7.71. The molecule has 0 radical (unpaired) electrons. The Kier molecular flexibility index (Phi) is 8.60. The highest BCUT2D eigenvalue weighted by Crippen LogP contribution is 2.35. The molecule has 0 amide bonds. The Hall–Kier alpha value is 0.460. The predicted octanol–water partition coefficient (Wildman–Crippen LogP) is 6.71. The second kappa shape index (κ2) is 9.38. The summed E-state index contributed by atoms with van der Waals surface area (Å²) >= 11 is 10.5. The maximum absolute atomic E-state index is 5.80. The summed E-state index contributed by atoms with van der Waals surface area (Å²) in [7, 11) is 0. The lowest BCUT2D eigenvalue weighted by Crippen LogP contribution is -1.98. The first kappa shape index (κ1) is 16.5. The van der Waals surface area contributed by atoms with Gasteiger partial charge in [0.05, 0.1) is 11.1 Å². The number of ether oxygens (including phenoxy) is 1. The zero-order valence-electron chi connectivity index (χ0n) is 10.6. The van der Waals surface area contributed by atoms with Crippen LogP contribution in [0.5, 0.6) is 5.75 Å².